The highest BCUT2D eigenvalue weighted by Crippen LogP contribution is 2.37. The molecular formula is C19H17NO. The number of anilines is 1. The summed E-state index contributed by atoms with van der Waals surface area (Å²) in [5.74, 6) is 0.903. The summed E-state index contributed by atoms with van der Waals surface area (Å²) in [6.07, 6.45) is 1.03. The van der Waals surface area contributed by atoms with Gasteiger partial charge >= 0.3 is 0 Å². The molecule has 0 saturated carbocycles. The van der Waals surface area contributed by atoms with Crippen LogP contribution in [0.15, 0.2) is 60.7 Å². The maximum atomic E-state index is 5.23. The summed E-state index contributed by atoms with van der Waals surface area (Å²) >= 11 is 0. The van der Waals surface area contributed by atoms with Gasteiger partial charge in [-0.25, -0.2) is 0 Å². The van der Waals surface area contributed by atoms with Gasteiger partial charge in [-0.2, -0.15) is 0 Å². The first-order valence-corrected chi connectivity index (χ1v) is 7.25. The molecule has 3 aromatic rings. The first kappa shape index (κ1) is 12.3. The first-order valence-electron chi connectivity index (χ1n) is 7.25. The van der Waals surface area contributed by atoms with E-state index in [0.29, 0.717) is 6.04 Å². The Morgan fingerprint density at radius 1 is 0.952 bits per heavy atom. The van der Waals surface area contributed by atoms with E-state index in [9.17, 15) is 0 Å². The number of hydrogen-bond donors (Lipinski definition) is 1. The first-order chi connectivity index (χ1) is 10.3. The van der Waals surface area contributed by atoms with Gasteiger partial charge in [0, 0.05) is 5.69 Å². The zero-order valence-corrected chi connectivity index (χ0v) is 12.0. The van der Waals surface area contributed by atoms with Crippen molar-refractivity contribution in [2.24, 2.45) is 0 Å². The fraction of sp³-hybridized carbons (Fsp3) is 0.158. The number of methoxy groups -OCH3 is 1. The van der Waals surface area contributed by atoms with Crippen molar-refractivity contribution in [2.45, 2.75) is 12.5 Å². The number of ether oxygens (including phenoxy) is 1. The summed E-state index contributed by atoms with van der Waals surface area (Å²) in [5, 5.41) is 6.24. The molecule has 0 spiro atoms. The summed E-state index contributed by atoms with van der Waals surface area (Å²) in [6, 6.07) is 21.8. The van der Waals surface area contributed by atoms with Gasteiger partial charge < -0.3 is 10.1 Å². The molecule has 3 aromatic carbocycles. The second-order valence-electron chi connectivity index (χ2n) is 5.53. The molecule has 0 aromatic heterocycles. The Bertz CT molecular complexity index is 748. The van der Waals surface area contributed by atoms with Crippen LogP contribution in [-0.4, -0.2) is 7.11 Å². The van der Waals surface area contributed by atoms with E-state index in [1.165, 1.54) is 27.6 Å². The Hall–Kier alpha value is -2.48. The summed E-state index contributed by atoms with van der Waals surface area (Å²) in [6.45, 7) is 0. The Morgan fingerprint density at radius 2 is 1.67 bits per heavy atom. The van der Waals surface area contributed by atoms with Gasteiger partial charge in [0.05, 0.1) is 13.2 Å². The summed E-state index contributed by atoms with van der Waals surface area (Å²) in [7, 11) is 1.70. The maximum Gasteiger partial charge on any atom is 0.118 e. The van der Waals surface area contributed by atoms with Crippen molar-refractivity contribution >= 4 is 16.5 Å². The lowest BCUT2D eigenvalue weighted by Gasteiger charge is -2.12. The Balaban J connectivity index is 1.67. The highest BCUT2D eigenvalue weighted by atomic mass is 16.5. The van der Waals surface area contributed by atoms with Crippen LogP contribution in [0.2, 0.25) is 0 Å². The van der Waals surface area contributed by atoms with Crippen molar-refractivity contribution in [3.05, 3.63) is 71.8 Å². The third-order valence-electron chi connectivity index (χ3n) is 4.24. The Labute approximate surface area is 124 Å². The summed E-state index contributed by atoms with van der Waals surface area (Å²) < 4.78 is 5.23. The third kappa shape index (κ3) is 2.13. The molecule has 2 heteroatoms. The third-order valence-corrected chi connectivity index (χ3v) is 4.24. The molecule has 1 aliphatic rings. The van der Waals surface area contributed by atoms with E-state index in [2.05, 4.69) is 53.8 Å². The molecule has 0 amide bonds. The highest BCUT2D eigenvalue weighted by Gasteiger charge is 2.22. The Morgan fingerprint density at radius 3 is 2.38 bits per heavy atom. The van der Waals surface area contributed by atoms with E-state index >= 15 is 0 Å². The van der Waals surface area contributed by atoms with Gasteiger partial charge in [-0.15, -0.1) is 0 Å². The van der Waals surface area contributed by atoms with E-state index in [1.807, 2.05) is 12.1 Å². The average molecular weight is 275 g/mol. The minimum atomic E-state index is 0.350. The van der Waals surface area contributed by atoms with Crippen LogP contribution in [0.1, 0.15) is 17.2 Å². The van der Waals surface area contributed by atoms with Gasteiger partial charge in [-0.05, 0) is 52.6 Å². The monoisotopic (exact) mass is 275 g/mol. The van der Waals surface area contributed by atoms with Crippen LogP contribution in [0.3, 0.4) is 0 Å². The quantitative estimate of drug-likeness (QED) is 0.740. The standard InChI is InChI=1S/C19H17NO/c1-21-17-8-6-13(7-9-17)18-12-16-10-14-4-2-3-5-15(14)11-19(16)20-18/h2-11,18,20H,12H2,1H3. The summed E-state index contributed by atoms with van der Waals surface area (Å²) in [5.41, 5.74) is 3.96. The molecule has 1 unspecified atom stereocenters. The second kappa shape index (κ2) is 4.81. The molecule has 0 saturated heterocycles. The van der Waals surface area contributed by atoms with Crippen LogP contribution in [0.5, 0.6) is 5.75 Å². The average Bonchev–Trinajstić information content (AvgIpc) is 2.95. The largest absolute Gasteiger partial charge is 0.497 e. The van der Waals surface area contributed by atoms with Crippen molar-refractivity contribution in [1.82, 2.24) is 0 Å². The minimum Gasteiger partial charge on any atom is -0.497 e. The van der Waals surface area contributed by atoms with E-state index in [-0.39, 0.29) is 0 Å². The molecule has 1 heterocycles. The molecule has 0 fully saturated rings. The summed E-state index contributed by atoms with van der Waals surface area (Å²) in [4.78, 5) is 0. The highest BCUT2D eigenvalue weighted by molar-refractivity contribution is 5.88. The molecule has 0 radical (unpaired) electrons. The second-order valence-corrected chi connectivity index (χ2v) is 5.53. The topological polar surface area (TPSA) is 21.3 Å². The molecular weight excluding hydrogens is 258 g/mol. The SMILES string of the molecule is COc1ccc(C2Cc3cc4ccccc4cc3N2)cc1. The van der Waals surface area contributed by atoms with Crippen LogP contribution >= 0.6 is 0 Å². The van der Waals surface area contributed by atoms with Gasteiger partial charge in [0.25, 0.3) is 0 Å². The van der Waals surface area contributed by atoms with Crippen molar-refractivity contribution in [3.8, 4) is 5.75 Å². The normalized spacial score (nSPS) is 16.5. The molecule has 2 nitrogen and oxygen atoms in total. The smallest absolute Gasteiger partial charge is 0.118 e. The van der Waals surface area contributed by atoms with Gasteiger partial charge in [-0.1, -0.05) is 36.4 Å². The van der Waals surface area contributed by atoms with Gasteiger partial charge in [0.2, 0.25) is 0 Å². The lowest BCUT2D eigenvalue weighted by Crippen LogP contribution is -2.05. The van der Waals surface area contributed by atoms with Crippen LogP contribution in [0.25, 0.3) is 10.8 Å². The molecule has 104 valence electrons. The van der Waals surface area contributed by atoms with Crippen molar-refractivity contribution in [1.29, 1.82) is 0 Å². The molecule has 1 N–H and O–H groups in total. The van der Waals surface area contributed by atoms with E-state index in [4.69, 9.17) is 4.74 Å². The molecule has 4 rings (SSSR count). The van der Waals surface area contributed by atoms with Gasteiger partial charge in [-0.3, -0.25) is 0 Å². The van der Waals surface area contributed by atoms with Crippen LogP contribution in [0, 0.1) is 0 Å². The van der Waals surface area contributed by atoms with Crippen LogP contribution in [0.4, 0.5) is 5.69 Å². The number of nitrogens with one attached hydrogen (secondary N) is 1. The van der Waals surface area contributed by atoms with E-state index in [0.717, 1.165) is 12.2 Å². The zero-order chi connectivity index (χ0) is 14.2. The molecule has 0 bridgehead atoms. The van der Waals surface area contributed by atoms with E-state index in [1.54, 1.807) is 7.11 Å². The predicted molar refractivity (Wildman–Crippen MR) is 87.0 cm³/mol. The molecule has 1 aliphatic heterocycles. The van der Waals surface area contributed by atoms with Crippen molar-refractivity contribution < 1.29 is 4.74 Å². The molecule has 1 atom stereocenters. The predicted octanol–water partition coefficient (Wildman–Crippen LogP) is 4.56. The zero-order valence-electron chi connectivity index (χ0n) is 12.0. The van der Waals surface area contributed by atoms with Crippen LogP contribution in [-0.2, 0) is 6.42 Å². The van der Waals surface area contributed by atoms with Gasteiger partial charge in [0.1, 0.15) is 5.75 Å². The fourth-order valence-electron chi connectivity index (χ4n) is 3.09. The molecule has 0 aliphatic carbocycles. The molecule has 21 heavy (non-hydrogen) atoms. The lowest BCUT2D eigenvalue weighted by atomic mass is 10.0. The van der Waals surface area contributed by atoms with Crippen molar-refractivity contribution in [3.63, 3.8) is 0 Å². The van der Waals surface area contributed by atoms with Gasteiger partial charge in [0.15, 0.2) is 0 Å². The maximum absolute atomic E-state index is 5.23. The number of hydrogen-bond acceptors (Lipinski definition) is 2. The van der Waals surface area contributed by atoms with Crippen molar-refractivity contribution in [2.75, 3.05) is 12.4 Å². The minimum absolute atomic E-state index is 0.350. The number of fused-ring (bicyclic) bond motifs is 2. The van der Waals surface area contributed by atoms with E-state index < -0.39 is 0 Å². The fourth-order valence-corrected chi connectivity index (χ4v) is 3.09. The number of benzene rings is 3. The lowest BCUT2D eigenvalue weighted by molar-refractivity contribution is 0.414. The Kier molecular flexibility index (Phi) is 2.81. The van der Waals surface area contributed by atoms with Crippen LogP contribution < -0.4 is 10.1 Å². The number of rotatable bonds is 2.